The molecule has 0 amide bonds. The Bertz CT molecular complexity index is 474. The molecule has 1 aromatic rings. The van der Waals surface area contributed by atoms with Crippen LogP contribution in [0.1, 0.15) is 30.4 Å². The summed E-state index contributed by atoms with van der Waals surface area (Å²) >= 11 is 0. The van der Waals surface area contributed by atoms with Crippen molar-refractivity contribution in [2.24, 2.45) is 0 Å². The minimum Gasteiger partial charge on any atom is -0.508 e. The molecule has 5 heteroatoms. The molecule has 122 valence electrons. The number of aliphatic hydroxyl groups excluding tert-OH is 2. The highest BCUT2D eigenvalue weighted by atomic mass is 16.3. The lowest BCUT2D eigenvalue weighted by Crippen LogP contribution is -2.24. The van der Waals surface area contributed by atoms with E-state index in [1.807, 2.05) is 32.6 Å². The van der Waals surface area contributed by atoms with Crippen molar-refractivity contribution in [2.75, 3.05) is 18.0 Å². The molecule has 0 spiro atoms. The zero-order valence-electron chi connectivity index (χ0n) is 13.1. The van der Waals surface area contributed by atoms with Gasteiger partial charge in [0, 0.05) is 24.3 Å². The molecule has 1 atom stereocenters. The van der Waals surface area contributed by atoms with Crippen LogP contribution < -0.4 is 4.90 Å². The quantitative estimate of drug-likeness (QED) is 0.821. The molecule has 1 fully saturated rings. The molecule has 0 aliphatic carbocycles. The second-order valence-electron chi connectivity index (χ2n) is 5.08. The standard InChI is InChI=1S/C15H21NO2.2CH2O/c1-11-8-13(12(2)17)10-14(9-11)16-6-3-4-15(18)5-7-16;2*1-2/h8-10,15,17-18H,2-7H2,1H3;2*1H2. The van der Waals surface area contributed by atoms with Crippen LogP contribution >= 0.6 is 0 Å². The van der Waals surface area contributed by atoms with Crippen LogP contribution in [-0.4, -0.2) is 43.0 Å². The summed E-state index contributed by atoms with van der Waals surface area (Å²) in [4.78, 5) is 18.3. The van der Waals surface area contributed by atoms with Crippen LogP contribution in [0.25, 0.3) is 5.76 Å². The van der Waals surface area contributed by atoms with Gasteiger partial charge in [-0.15, -0.1) is 0 Å². The van der Waals surface area contributed by atoms with Crippen LogP contribution in [0.4, 0.5) is 5.69 Å². The number of nitrogens with zero attached hydrogens (tertiary/aromatic N) is 1. The Balaban J connectivity index is 0.00000102. The lowest BCUT2D eigenvalue weighted by molar-refractivity contribution is -0.0987. The number of benzene rings is 1. The Morgan fingerprint density at radius 2 is 1.77 bits per heavy atom. The molecule has 2 rings (SSSR count). The smallest absolute Gasteiger partial charge is 0.115 e. The Hall–Kier alpha value is -2.14. The van der Waals surface area contributed by atoms with Gasteiger partial charge in [0.15, 0.2) is 0 Å². The van der Waals surface area contributed by atoms with E-state index in [1.165, 1.54) is 0 Å². The van der Waals surface area contributed by atoms with Gasteiger partial charge in [-0.25, -0.2) is 0 Å². The van der Waals surface area contributed by atoms with E-state index in [9.17, 15) is 10.2 Å². The Morgan fingerprint density at radius 1 is 1.14 bits per heavy atom. The average Bonchev–Trinajstić information content (AvgIpc) is 2.75. The van der Waals surface area contributed by atoms with Crippen LogP contribution in [0.5, 0.6) is 0 Å². The van der Waals surface area contributed by atoms with Crippen LogP contribution in [0.3, 0.4) is 0 Å². The fourth-order valence-corrected chi connectivity index (χ4v) is 2.45. The van der Waals surface area contributed by atoms with Gasteiger partial charge in [-0.2, -0.15) is 0 Å². The van der Waals surface area contributed by atoms with Crippen molar-refractivity contribution >= 4 is 25.0 Å². The number of aliphatic hydroxyl groups is 2. The van der Waals surface area contributed by atoms with E-state index in [1.54, 1.807) is 0 Å². The van der Waals surface area contributed by atoms with E-state index in [-0.39, 0.29) is 11.9 Å². The first-order valence-electron chi connectivity index (χ1n) is 7.07. The second kappa shape index (κ2) is 10.6. The van der Waals surface area contributed by atoms with E-state index in [0.717, 1.165) is 49.2 Å². The third-order valence-corrected chi connectivity index (χ3v) is 3.46. The number of carbonyl (C=O) groups excluding carboxylic acids is 2. The van der Waals surface area contributed by atoms with E-state index >= 15 is 0 Å². The van der Waals surface area contributed by atoms with Gasteiger partial charge in [0.05, 0.1) is 6.10 Å². The van der Waals surface area contributed by atoms with Gasteiger partial charge in [0.1, 0.15) is 19.3 Å². The van der Waals surface area contributed by atoms with Gasteiger partial charge in [0.2, 0.25) is 0 Å². The number of hydrogen-bond acceptors (Lipinski definition) is 5. The van der Waals surface area contributed by atoms with Gasteiger partial charge >= 0.3 is 0 Å². The first kappa shape index (κ1) is 19.9. The topological polar surface area (TPSA) is 77.8 Å². The molecule has 1 heterocycles. The maximum absolute atomic E-state index is 9.67. The van der Waals surface area contributed by atoms with Crippen molar-refractivity contribution in [3.63, 3.8) is 0 Å². The summed E-state index contributed by atoms with van der Waals surface area (Å²) in [6, 6.07) is 6.01. The SMILES string of the molecule is C=C(O)c1cc(C)cc(N2CCCC(O)CC2)c1.C=O.C=O. The summed E-state index contributed by atoms with van der Waals surface area (Å²) in [5, 5.41) is 19.2. The lowest BCUT2D eigenvalue weighted by atomic mass is 10.1. The Morgan fingerprint density at radius 3 is 2.36 bits per heavy atom. The number of hydrogen-bond donors (Lipinski definition) is 2. The summed E-state index contributed by atoms with van der Waals surface area (Å²) in [5.74, 6) is 0.106. The zero-order valence-corrected chi connectivity index (χ0v) is 13.1. The Kier molecular flexibility index (Phi) is 9.54. The van der Waals surface area contributed by atoms with Crippen molar-refractivity contribution in [1.82, 2.24) is 0 Å². The second-order valence-corrected chi connectivity index (χ2v) is 5.08. The first-order valence-corrected chi connectivity index (χ1v) is 7.07. The minimum atomic E-state index is -0.174. The molecule has 1 unspecified atom stereocenters. The van der Waals surface area contributed by atoms with Crippen LogP contribution in [0.15, 0.2) is 24.8 Å². The fourth-order valence-electron chi connectivity index (χ4n) is 2.45. The molecule has 2 N–H and O–H groups in total. The monoisotopic (exact) mass is 307 g/mol. The van der Waals surface area contributed by atoms with Crippen LogP contribution in [-0.2, 0) is 9.59 Å². The van der Waals surface area contributed by atoms with Crippen molar-refractivity contribution < 1.29 is 19.8 Å². The molecule has 1 aromatic carbocycles. The van der Waals surface area contributed by atoms with Crippen molar-refractivity contribution in [3.8, 4) is 0 Å². The molecule has 1 aliphatic heterocycles. The largest absolute Gasteiger partial charge is 0.508 e. The van der Waals surface area contributed by atoms with Gasteiger partial charge in [-0.1, -0.05) is 6.58 Å². The lowest BCUT2D eigenvalue weighted by Gasteiger charge is -2.23. The van der Waals surface area contributed by atoms with Crippen molar-refractivity contribution in [2.45, 2.75) is 32.3 Å². The first-order chi connectivity index (χ1) is 10.6. The van der Waals surface area contributed by atoms with Gasteiger partial charge in [-0.05, 0) is 49.9 Å². The predicted molar refractivity (Wildman–Crippen MR) is 89.2 cm³/mol. The summed E-state index contributed by atoms with van der Waals surface area (Å²) in [6.07, 6.45) is 2.52. The van der Waals surface area contributed by atoms with E-state index in [0.29, 0.717) is 0 Å². The maximum Gasteiger partial charge on any atom is 0.115 e. The third-order valence-electron chi connectivity index (χ3n) is 3.46. The highest BCUT2D eigenvalue weighted by molar-refractivity contribution is 5.63. The molecule has 0 saturated carbocycles. The van der Waals surface area contributed by atoms with Gasteiger partial charge in [0.25, 0.3) is 0 Å². The van der Waals surface area contributed by atoms with Gasteiger partial charge in [-0.3, -0.25) is 0 Å². The fraction of sp³-hybridized carbons (Fsp3) is 0.412. The van der Waals surface area contributed by atoms with Crippen molar-refractivity contribution in [3.05, 3.63) is 35.9 Å². The molecule has 1 saturated heterocycles. The highest BCUT2D eigenvalue weighted by Crippen LogP contribution is 2.24. The zero-order chi connectivity index (χ0) is 17.1. The van der Waals surface area contributed by atoms with Crippen LogP contribution in [0, 0.1) is 6.92 Å². The summed E-state index contributed by atoms with van der Waals surface area (Å²) in [6.45, 7) is 11.4. The predicted octanol–water partition coefficient (Wildman–Crippen LogP) is 2.51. The van der Waals surface area contributed by atoms with E-state index < -0.39 is 0 Å². The molecule has 1 aliphatic rings. The minimum absolute atomic E-state index is 0.106. The number of aryl methyl sites for hydroxylation is 1. The molecular weight excluding hydrogens is 282 g/mol. The molecule has 22 heavy (non-hydrogen) atoms. The normalized spacial score (nSPS) is 17.2. The molecule has 0 radical (unpaired) electrons. The van der Waals surface area contributed by atoms with Crippen LogP contribution in [0.2, 0.25) is 0 Å². The number of rotatable bonds is 2. The number of anilines is 1. The maximum atomic E-state index is 9.67. The summed E-state index contributed by atoms with van der Waals surface area (Å²) in [5.41, 5.74) is 2.99. The molecular formula is C17H25NO4. The molecule has 0 aromatic heterocycles. The molecule has 5 nitrogen and oxygen atoms in total. The summed E-state index contributed by atoms with van der Waals surface area (Å²) < 4.78 is 0. The Labute approximate surface area is 131 Å². The van der Waals surface area contributed by atoms with Gasteiger partial charge < -0.3 is 24.7 Å². The highest BCUT2D eigenvalue weighted by Gasteiger charge is 2.16. The number of carbonyl (C=O) groups is 2. The van der Waals surface area contributed by atoms with Crippen molar-refractivity contribution in [1.29, 1.82) is 0 Å². The third kappa shape index (κ3) is 6.10. The van der Waals surface area contributed by atoms with E-state index in [2.05, 4.69) is 17.5 Å². The summed E-state index contributed by atoms with van der Waals surface area (Å²) in [7, 11) is 0. The molecule has 0 bridgehead atoms. The van der Waals surface area contributed by atoms with E-state index in [4.69, 9.17) is 9.59 Å². The average molecular weight is 307 g/mol.